The normalized spacial score (nSPS) is 14.3. The topological polar surface area (TPSA) is 623 Å². The first-order valence-corrected chi connectivity index (χ1v) is 38.0. The van der Waals surface area contributed by atoms with Crippen LogP contribution in [0.2, 0.25) is 0 Å². The molecule has 25 N–H and O–H groups in total. The predicted molar refractivity (Wildman–Crippen MR) is 422 cm³/mol. The van der Waals surface area contributed by atoms with Gasteiger partial charge in [-0.05, 0) is 98.7 Å². The SMILES string of the molecule is CC(=O)NCCCC[C@H](NC(=O)[C@H](CCC(C)C)NC(=O)[C@H](Cc1c[nH]c2ccccc12)NC(=O)[C@H](Cc1ccc(O)cc1)NC(=O)[C@H](CS)NC(=O)[C@H](CCC(N)=O)NC(=O)[C@H](Cc1c[nH]c2ccccc12)NC(=O)[C@@H](NC(=O)[C@H](CCC(N)=O)NC(=O)[C@H](CS)NC(C)=O)[C@@H](C)O)C(=O)N[C@@H](CC(N)=O)C(=O)NCC(N)=O. The number of unbranched alkanes of at least 4 members (excludes halogenated alkanes) is 1. The van der Waals surface area contributed by atoms with Crippen LogP contribution in [0.3, 0.4) is 0 Å². The van der Waals surface area contributed by atoms with Crippen molar-refractivity contribution in [2.24, 2.45) is 28.9 Å². The number of aliphatic hydroxyl groups excluding tert-OH is 1. The number of carbonyl (C=O) groups is 17. The van der Waals surface area contributed by atoms with Crippen LogP contribution < -0.4 is 92.1 Å². The number of para-hydroxylation sites is 2. The number of benzene rings is 3. The summed E-state index contributed by atoms with van der Waals surface area (Å²) in [5.74, 6) is -17.2. The van der Waals surface area contributed by atoms with Gasteiger partial charge >= 0.3 is 0 Å². The van der Waals surface area contributed by atoms with Gasteiger partial charge in [0.05, 0.1) is 19.1 Å². The molecule has 40 heteroatoms. The third-order valence-electron chi connectivity index (χ3n) is 17.9. The molecule has 0 fully saturated rings. The smallest absolute Gasteiger partial charge is 0.245 e. The molecule has 0 bridgehead atoms. The fraction of sp³-hybridized carbons (Fsp3) is 0.473. The van der Waals surface area contributed by atoms with Crippen LogP contribution in [-0.2, 0) is 101 Å². The number of primary amides is 4. The minimum atomic E-state index is -1.91. The molecule has 0 aliphatic heterocycles. The summed E-state index contributed by atoms with van der Waals surface area (Å²) in [5.41, 5.74) is 24.1. The maximum absolute atomic E-state index is 15.2. The standard InChI is InChI=1S/C74H103N19O19S2/c1-37(2)17-22-50(66(104)84-49(16-10-11-27-79-39(4)95)65(103)90-56(31-61(77)100)64(102)82-34-62(78)101)85-70(108)54(29-42-32-80-47-14-8-6-12-45(42)47)89-69(107)53(28-41-18-20-44(97)21-19-41)88-73(111)58(36-114)92-67(105)51(23-25-59(75)98)86-71(109)55(30-43-33-81-48-15-9-7-13-46(43)48)91-74(112)63(38(3)94)93-68(106)52(24-26-60(76)99)87-72(110)57(35-113)83-40(5)96/h6-9,12-15,18-21,32-33,37-38,49-58,63,80-81,94,97,113-114H,10-11,16-17,22-31,34-36H2,1-5H3,(H2,75,98)(H2,76,99)(H2,77,100)(H2,78,101)(H,79,95)(H,82,102)(H,83,96)(H,84,104)(H,85,108)(H,86,109)(H,87,110)(H,88,111)(H,89,107)(H,90,103)(H,91,112)(H,92,105)(H,93,106)/t38-,49+,50+,51+,52+,53+,54+,55+,56+,57+,58+,63+/m1/s1. The Morgan fingerprint density at radius 3 is 1.22 bits per heavy atom. The molecular weight excluding hydrogens is 1520 g/mol. The molecule has 17 amide bonds. The quantitative estimate of drug-likeness (QED) is 0.0129. The third kappa shape index (κ3) is 31.0. The summed E-state index contributed by atoms with van der Waals surface area (Å²) in [6.45, 7) is 6.74. The number of nitrogens with two attached hydrogens (primary N) is 4. The molecule has 114 heavy (non-hydrogen) atoms. The van der Waals surface area contributed by atoms with E-state index < -0.39 is 211 Å². The van der Waals surface area contributed by atoms with Crippen LogP contribution in [0.25, 0.3) is 21.8 Å². The molecule has 5 rings (SSSR count). The summed E-state index contributed by atoms with van der Waals surface area (Å²) in [6, 6.07) is 1.45. The molecule has 0 aliphatic carbocycles. The number of H-pyrrole nitrogens is 2. The van der Waals surface area contributed by atoms with Gasteiger partial charge < -0.3 is 112 Å². The minimum absolute atomic E-state index is 0.0629. The molecule has 0 saturated heterocycles. The zero-order valence-corrected chi connectivity index (χ0v) is 65.4. The number of rotatable bonds is 49. The van der Waals surface area contributed by atoms with Crippen LogP contribution in [0.5, 0.6) is 5.75 Å². The Balaban J connectivity index is 1.49. The Labute approximate surface area is 666 Å². The van der Waals surface area contributed by atoms with Crippen molar-refractivity contribution in [3.05, 3.63) is 102 Å². The molecular formula is C74H103N19O19S2. The van der Waals surface area contributed by atoms with Crippen molar-refractivity contribution in [2.45, 2.75) is 191 Å². The van der Waals surface area contributed by atoms with Gasteiger partial charge in [0.2, 0.25) is 100 Å². The summed E-state index contributed by atoms with van der Waals surface area (Å²) >= 11 is 8.47. The van der Waals surface area contributed by atoms with E-state index in [0.29, 0.717) is 51.3 Å². The highest BCUT2D eigenvalue weighted by Gasteiger charge is 2.39. The number of aromatic nitrogens is 2. The number of aromatic amines is 2. The van der Waals surface area contributed by atoms with E-state index >= 15 is 9.59 Å². The van der Waals surface area contributed by atoms with Crippen LogP contribution in [0, 0.1) is 5.92 Å². The van der Waals surface area contributed by atoms with Gasteiger partial charge in [-0.2, -0.15) is 25.3 Å². The molecule has 0 unspecified atom stereocenters. The number of fused-ring (bicyclic) bond motifs is 2. The van der Waals surface area contributed by atoms with Crippen molar-refractivity contribution in [3.63, 3.8) is 0 Å². The second kappa shape index (κ2) is 46.3. The summed E-state index contributed by atoms with van der Waals surface area (Å²) in [4.78, 5) is 237. The lowest BCUT2D eigenvalue weighted by molar-refractivity contribution is -0.137. The van der Waals surface area contributed by atoms with Crippen molar-refractivity contribution in [1.82, 2.24) is 79.1 Å². The maximum atomic E-state index is 15.2. The lowest BCUT2D eigenvalue weighted by Gasteiger charge is -2.29. The molecule has 620 valence electrons. The van der Waals surface area contributed by atoms with Crippen molar-refractivity contribution >= 4 is 147 Å². The van der Waals surface area contributed by atoms with Crippen molar-refractivity contribution in [3.8, 4) is 5.75 Å². The fourth-order valence-electron chi connectivity index (χ4n) is 11.9. The zero-order chi connectivity index (χ0) is 84.5. The average Bonchev–Trinajstić information content (AvgIpc) is 1.67. The highest BCUT2D eigenvalue weighted by molar-refractivity contribution is 7.80. The number of nitrogens with one attached hydrogen (secondary N) is 15. The summed E-state index contributed by atoms with van der Waals surface area (Å²) in [5, 5.41) is 55.1. The van der Waals surface area contributed by atoms with Crippen LogP contribution in [0.15, 0.2) is 85.2 Å². The first-order chi connectivity index (χ1) is 54.0. The van der Waals surface area contributed by atoms with E-state index in [1.807, 2.05) is 13.8 Å². The van der Waals surface area contributed by atoms with Crippen LogP contribution in [-0.4, -0.2) is 218 Å². The van der Waals surface area contributed by atoms with Gasteiger partial charge in [-0.15, -0.1) is 0 Å². The largest absolute Gasteiger partial charge is 0.508 e. The maximum Gasteiger partial charge on any atom is 0.245 e. The number of aliphatic hydroxyl groups is 1. The molecule has 3 aromatic carbocycles. The van der Waals surface area contributed by atoms with Crippen molar-refractivity contribution < 1.29 is 91.7 Å². The number of hydrogen-bond donors (Lipinski definition) is 23. The lowest BCUT2D eigenvalue weighted by atomic mass is 9.99. The van der Waals surface area contributed by atoms with Gasteiger partial charge in [-0.3, -0.25) is 81.5 Å². The van der Waals surface area contributed by atoms with E-state index in [4.69, 9.17) is 22.9 Å². The number of carbonyl (C=O) groups excluding carboxylic acids is 17. The fourth-order valence-corrected chi connectivity index (χ4v) is 12.4. The second-order valence-corrected chi connectivity index (χ2v) is 28.4. The molecule has 5 aromatic rings. The van der Waals surface area contributed by atoms with E-state index in [0.717, 1.165) is 13.8 Å². The average molecular weight is 1630 g/mol. The molecule has 38 nitrogen and oxygen atoms in total. The molecule has 0 spiro atoms. The number of hydrogen-bond acceptors (Lipinski definition) is 21. The van der Waals surface area contributed by atoms with Gasteiger partial charge in [-0.25, -0.2) is 0 Å². The van der Waals surface area contributed by atoms with Crippen molar-refractivity contribution in [2.75, 3.05) is 24.6 Å². The van der Waals surface area contributed by atoms with E-state index in [1.54, 1.807) is 54.7 Å². The zero-order valence-electron chi connectivity index (χ0n) is 63.6. The van der Waals surface area contributed by atoms with Gasteiger partial charge in [0.15, 0.2) is 0 Å². The number of phenolic OH excluding ortho intramolecular Hbond substituents is 1. The Morgan fingerprint density at radius 1 is 0.395 bits per heavy atom. The molecule has 0 aliphatic rings. The van der Waals surface area contributed by atoms with Crippen molar-refractivity contribution in [1.29, 1.82) is 0 Å². The highest BCUT2D eigenvalue weighted by Crippen LogP contribution is 2.23. The molecule has 0 saturated carbocycles. The minimum Gasteiger partial charge on any atom is -0.508 e. The van der Waals surface area contributed by atoms with E-state index in [-0.39, 0.29) is 68.4 Å². The molecule has 2 heterocycles. The summed E-state index contributed by atoms with van der Waals surface area (Å²) in [7, 11) is 0. The first-order valence-electron chi connectivity index (χ1n) is 36.7. The van der Waals surface area contributed by atoms with Gasteiger partial charge in [0.1, 0.15) is 72.2 Å². The van der Waals surface area contributed by atoms with Crippen LogP contribution >= 0.6 is 25.3 Å². The van der Waals surface area contributed by atoms with Gasteiger partial charge in [0, 0.05) is 98.2 Å². The molecule has 12 atom stereocenters. The van der Waals surface area contributed by atoms with Gasteiger partial charge in [-0.1, -0.05) is 62.4 Å². The highest BCUT2D eigenvalue weighted by atomic mass is 32.1. The number of phenols is 1. The Bertz CT molecular complexity index is 4250. The van der Waals surface area contributed by atoms with E-state index in [9.17, 15) is 82.1 Å². The summed E-state index contributed by atoms with van der Waals surface area (Å²) < 4.78 is 0. The first kappa shape index (κ1) is 92.8. The Morgan fingerprint density at radius 2 is 0.789 bits per heavy atom. The predicted octanol–water partition coefficient (Wildman–Crippen LogP) is -4.27. The number of thiol groups is 2. The number of aromatic hydroxyl groups is 1. The monoisotopic (exact) mass is 1630 g/mol. The van der Waals surface area contributed by atoms with Crippen LogP contribution in [0.4, 0.5) is 0 Å². The molecule has 2 aromatic heterocycles. The van der Waals surface area contributed by atoms with Crippen LogP contribution in [0.1, 0.15) is 116 Å². The summed E-state index contributed by atoms with van der Waals surface area (Å²) in [6.07, 6.45) is -1.76. The second-order valence-electron chi connectivity index (χ2n) is 27.7. The van der Waals surface area contributed by atoms with Gasteiger partial charge in [0.25, 0.3) is 0 Å². The Kier molecular flexibility index (Phi) is 37.6. The Hall–Kier alpha value is -11.8. The van der Waals surface area contributed by atoms with E-state index in [1.165, 1.54) is 37.4 Å². The van der Waals surface area contributed by atoms with E-state index in [2.05, 4.69) is 104 Å². The third-order valence-corrected chi connectivity index (χ3v) is 18.7. The lowest BCUT2D eigenvalue weighted by Crippen LogP contribution is -2.62. The molecule has 0 radical (unpaired) electrons. The number of amides is 17.